The van der Waals surface area contributed by atoms with Gasteiger partial charge in [-0.15, -0.1) is 0 Å². The van der Waals surface area contributed by atoms with Gasteiger partial charge in [-0.1, -0.05) is 95.2 Å². The summed E-state index contributed by atoms with van der Waals surface area (Å²) in [5.74, 6) is -3.48. The van der Waals surface area contributed by atoms with E-state index in [9.17, 15) is 8.78 Å². The van der Waals surface area contributed by atoms with Gasteiger partial charge < -0.3 is 9.47 Å². The lowest BCUT2D eigenvalue weighted by Gasteiger charge is -2.29. The topological polar surface area (TPSA) is 18.5 Å². The third-order valence-corrected chi connectivity index (χ3v) is 8.10. The van der Waals surface area contributed by atoms with E-state index in [1.165, 1.54) is 31.4 Å². The summed E-state index contributed by atoms with van der Waals surface area (Å²) >= 11 is 0. The fourth-order valence-electron chi connectivity index (χ4n) is 5.58. The van der Waals surface area contributed by atoms with Gasteiger partial charge in [0.15, 0.2) is 23.2 Å². The van der Waals surface area contributed by atoms with Crippen LogP contribution in [0.1, 0.15) is 96.1 Å². The maximum atomic E-state index is 15.2. The Balaban J connectivity index is 1.41. The van der Waals surface area contributed by atoms with Crippen LogP contribution in [0.15, 0.2) is 48.5 Å². The lowest BCUT2D eigenvalue weighted by Crippen LogP contribution is -2.21. The van der Waals surface area contributed by atoms with Crippen molar-refractivity contribution in [3.05, 3.63) is 77.4 Å². The van der Waals surface area contributed by atoms with Crippen LogP contribution >= 0.6 is 0 Å². The molecule has 6 heteroatoms. The van der Waals surface area contributed by atoms with E-state index in [0.717, 1.165) is 44.9 Å². The van der Waals surface area contributed by atoms with Gasteiger partial charge >= 0.3 is 0 Å². The van der Waals surface area contributed by atoms with Crippen LogP contribution in [0.4, 0.5) is 17.6 Å². The minimum atomic E-state index is -1.03. The van der Waals surface area contributed by atoms with Gasteiger partial charge in [-0.2, -0.15) is 4.39 Å². The Kier molecular flexibility index (Phi) is 11.7. The van der Waals surface area contributed by atoms with Crippen molar-refractivity contribution in [1.82, 2.24) is 0 Å². The molecule has 0 aromatic heterocycles. The molecule has 4 rings (SSSR count). The molecule has 2 atom stereocenters. The molecular weight excluding hydrogens is 528 g/mol. The summed E-state index contributed by atoms with van der Waals surface area (Å²) < 4.78 is 71.4. The Labute approximate surface area is 242 Å². The Morgan fingerprint density at radius 3 is 1.90 bits per heavy atom. The van der Waals surface area contributed by atoms with Crippen molar-refractivity contribution < 1.29 is 27.0 Å². The first-order valence-electron chi connectivity index (χ1n) is 15.3. The summed E-state index contributed by atoms with van der Waals surface area (Å²) in [6, 6.07) is 12.4. The molecule has 1 saturated heterocycles. The van der Waals surface area contributed by atoms with Gasteiger partial charge in [-0.05, 0) is 54.9 Å². The van der Waals surface area contributed by atoms with E-state index >= 15 is 8.78 Å². The summed E-state index contributed by atoms with van der Waals surface area (Å²) in [4.78, 5) is 0. The molecule has 2 nitrogen and oxygen atoms in total. The normalized spacial score (nSPS) is 17.1. The van der Waals surface area contributed by atoms with Crippen molar-refractivity contribution in [1.29, 1.82) is 0 Å². The number of hydrogen-bond donors (Lipinski definition) is 0. The molecule has 1 aliphatic rings. The van der Waals surface area contributed by atoms with Crippen LogP contribution in [0.2, 0.25) is 0 Å². The molecule has 0 saturated carbocycles. The van der Waals surface area contributed by atoms with Crippen LogP contribution in [-0.4, -0.2) is 13.2 Å². The number of ether oxygens (including phenoxy) is 2. The number of halogens is 4. The second-order valence-corrected chi connectivity index (χ2v) is 11.2. The highest BCUT2D eigenvalue weighted by atomic mass is 19.2. The van der Waals surface area contributed by atoms with Crippen molar-refractivity contribution in [3.63, 3.8) is 0 Å². The summed E-state index contributed by atoms with van der Waals surface area (Å²) in [7, 11) is 0. The average Bonchev–Trinajstić information content (AvgIpc) is 2.99. The molecule has 41 heavy (non-hydrogen) atoms. The molecule has 3 aromatic rings. The molecule has 0 radical (unpaired) electrons. The molecule has 0 spiro atoms. The zero-order valence-electron chi connectivity index (χ0n) is 24.3. The molecule has 0 N–H and O–H groups in total. The molecule has 3 aromatic carbocycles. The van der Waals surface area contributed by atoms with Crippen LogP contribution in [0, 0.1) is 29.2 Å². The Morgan fingerprint density at radius 2 is 1.27 bits per heavy atom. The van der Waals surface area contributed by atoms with E-state index in [1.807, 2.05) is 0 Å². The first-order chi connectivity index (χ1) is 19.9. The smallest absolute Gasteiger partial charge is 0.201 e. The average molecular weight is 571 g/mol. The van der Waals surface area contributed by atoms with Crippen molar-refractivity contribution in [2.45, 2.75) is 90.6 Å². The van der Waals surface area contributed by atoms with Crippen LogP contribution in [0.25, 0.3) is 22.3 Å². The second-order valence-electron chi connectivity index (χ2n) is 11.2. The van der Waals surface area contributed by atoms with Crippen molar-refractivity contribution in [2.75, 3.05) is 13.2 Å². The SMILES string of the molecule is CCCCCCCOc1ccc(-c2ccc(-c3ccc(C4CCC(CCCCC)CO4)c(F)c3F)cc2)c(F)c1F. The Hall–Kier alpha value is -2.86. The predicted molar refractivity (Wildman–Crippen MR) is 157 cm³/mol. The zero-order valence-corrected chi connectivity index (χ0v) is 24.3. The van der Waals surface area contributed by atoms with Gasteiger partial charge in [-0.25, -0.2) is 13.2 Å². The molecule has 2 unspecified atom stereocenters. The predicted octanol–water partition coefficient (Wildman–Crippen LogP) is 11.0. The van der Waals surface area contributed by atoms with Gasteiger partial charge in [0.1, 0.15) is 0 Å². The van der Waals surface area contributed by atoms with Crippen LogP contribution in [0.5, 0.6) is 5.75 Å². The zero-order chi connectivity index (χ0) is 29.2. The third kappa shape index (κ3) is 7.91. The Bertz CT molecular complexity index is 1250. The third-order valence-electron chi connectivity index (χ3n) is 8.10. The largest absolute Gasteiger partial charge is 0.490 e. The van der Waals surface area contributed by atoms with Crippen LogP contribution in [0.3, 0.4) is 0 Å². The number of rotatable bonds is 14. The summed E-state index contributed by atoms with van der Waals surface area (Å²) in [6.45, 7) is 5.22. The lowest BCUT2D eigenvalue weighted by atomic mass is 9.90. The van der Waals surface area contributed by atoms with Gasteiger partial charge in [-0.3, -0.25) is 0 Å². The van der Waals surface area contributed by atoms with E-state index in [1.54, 1.807) is 36.4 Å². The summed E-state index contributed by atoms with van der Waals surface area (Å²) in [5.41, 5.74) is 1.31. The maximum absolute atomic E-state index is 15.2. The van der Waals surface area contributed by atoms with Crippen molar-refractivity contribution in [2.24, 2.45) is 5.92 Å². The first-order valence-corrected chi connectivity index (χ1v) is 15.3. The molecule has 1 aliphatic heterocycles. The molecule has 0 amide bonds. The molecule has 0 aliphatic carbocycles. The number of hydrogen-bond acceptors (Lipinski definition) is 2. The van der Waals surface area contributed by atoms with Crippen molar-refractivity contribution >= 4 is 0 Å². The van der Waals surface area contributed by atoms with E-state index in [2.05, 4.69) is 13.8 Å². The first kappa shape index (κ1) is 31.1. The van der Waals surface area contributed by atoms with Gasteiger partial charge in [0.2, 0.25) is 5.82 Å². The molecule has 222 valence electrons. The minimum Gasteiger partial charge on any atom is -0.490 e. The van der Waals surface area contributed by atoms with Gasteiger partial charge in [0, 0.05) is 16.7 Å². The minimum absolute atomic E-state index is 0.0776. The van der Waals surface area contributed by atoms with E-state index in [0.29, 0.717) is 36.7 Å². The maximum Gasteiger partial charge on any atom is 0.201 e. The number of unbranched alkanes of at least 4 members (excludes halogenated alkanes) is 6. The second kappa shape index (κ2) is 15.4. The van der Waals surface area contributed by atoms with Crippen LogP contribution < -0.4 is 4.74 Å². The monoisotopic (exact) mass is 570 g/mol. The quantitative estimate of drug-likeness (QED) is 0.142. The highest BCUT2D eigenvalue weighted by Gasteiger charge is 2.27. The molecular formula is C35H42F4O2. The standard InChI is InChI=1S/C35H42F4O2/c1-3-5-7-8-10-22-40-31-21-19-28(33(37)35(31)39)26-15-13-25(14-16-26)27-17-18-29(34(38)32(27)36)30-20-12-24(23-41-30)11-9-6-4-2/h13-19,21,24,30H,3-12,20,22-23H2,1-2H3. The Morgan fingerprint density at radius 1 is 0.659 bits per heavy atom. The van der Waals surface area contributed by atoms with Crippen LogP contribution in [-0.2, 0) is 4.74 Å². The van der Waals surface area contributed by atoms with E-state index < -0.39 is 29.4 Å². The molecule has 1 heterocycles. The van der Waals surface area contributed by atoms with Gasteiger partial charge in [0.05, 0.1) is 19.3 Å². The van der Waals surface area contributed by atoms with E-state index in [-0.39, 0.29) is 22.4 Å². The highest BCUT2D eigenvalue weighted by molar-refractivity contribution is 5.71. The summed E-state index contributed by atoms with van der Waals surface area (Å²) in [6.07, 6.45) is 11.0. The molecule has 0 bridgehead atoms. The fraction of sp³-hybridized carbons (Fsp3) is 0.486. The van der Waals surface area contributed by atoms with Crippen molar-refractivity contribution in [3.8, 4) is 28.0 Å². The lowest BCUT2D eigenvalue weighted by molar-refractivity contribution is -0.0218. The van der Waals surface area contributed by atoms with E-state index in [4.69, 9.17) is 9.47 Å². The summed E-state index contributed by atoms with van der Waals surface area (Å²) in [5, 5.41) is 0. The number of benzene rings is 3. The highest BCUT2D eigenvalue weighted by Crippen LogP contribution is 2.37. The molecule has 1 fully saturated rings. The fourth-order valence-corrected chi connectivity index (χ4v) is 5.58. The van der Waals surface area contributed by atoms with Gasteiger partial charge in [0.25, 0.3) is 0 Å².